The monoisotopic (exact) mass is 227 g/mol. The molecule has 1 fully saturated rings. The fraction of sp³-hybridized carbons (Fsp3) is 0.500. The van der Waals surface area contributed by atoms with Crippen molar-refractivity contribution in [3.63, 3.8) is 0 Å². The fourth-order valence-corrected chi connectivity index (χ4v) is 1.60. The Balaban J connectivity index is 1.90. The van der Waals surface area contributed by atoms with Crippen LogP contribution in [0.25, 0.3) is 0 Å². The predicted molar refractivity (Wildman–Crippen MR) is 60.2 cm³/mol. The molecule has 0 radical (unpaired) electrons. The van der Waals surface area contributed by atoms with E-state index in [9.17, 15) is 0 Å². The van der Waals surface area contributed by atoms with Crippen LogP contribution in [0.4, 0.5) is 5.69 Å². The fourth-order valence-electron chi connectivity index (χ4n) is 1.50. The molecule has 1 aromatic rings. The molecule has 0 saturated carbocycles. The largest absolute Gasteiger partial charge is 0.490 e. The summed E-state index contributed by atoms with van der Waals surface area (Å²) in [6.07, 6.45) is 2.78. The lowest BCUT2D eigenvalue weighted by molar-refractivity contribution is 0.0768. The molecule has 0 aliphatic carbocycles. The zero-order valence-corrected chi connectivity index (χ0v) is 9.37. The van der Waals surface area contributed by atoms with Crippen LogP contribution in [0, 0.1) is 0 Å². The van der Waals surface area contributed by atoms with E-state index in [1.165, 1.54) is 6.42 Å². The zero-order valence-electron chi connectivity index (χ0n) is 8.61. The van der Waals surface area contributed by atoms with Gasteiger partial charge in [0.2, 0.25) is 0 Å². The van der Waals surface area contributed by atoms with E-state index >= 15 is 0 Å². The van der Waals surface area contributed by atoms with Crippen molar-refractivity contribution in [1.82, 2.24) is 9.88 Å². The highest BCUT2D eigenvalue weighted by molar-refractivity contribution is 6.31. The van der Waals surface area contributed by atoms with E-state index < -0.39 is 0 Å². The van der Waals surface area contributed by atoms with Crippen LogP contribution in [0.15, 0.2) is 12.3 Å². The van der Waals surface area contributed by atoms with E-state index in [4.69, 9.17) is 22.1 Å². The molecule has 1 atom stereocenters. The lowest BCUT2D eigenvalue weighted by Gasteiger charge is -2.37. The van der Waals surface area contributed by atoms with Crippen LogP contribution in [-0.4, -0.2) is 36.1 Å². The molecule has 15 heavy (non-hydrogen) atoms. The minimum absolute atomic E-state index is 0.322. The number of pyridine rings is 1. The number of rotatable bonds is 3. The third-order valence-electron chi connectivity index (χ3n) is 2.72. The van der Waals surface area contributed by atoms with Gasteiger partial charge in [-0.3, -0.25) is 4.90 Å². The van der Waals surface area contributed by atoms with Crippen LogP contribution in [0.2, 0.25) is 5.15 Å². The molecule has 2 heterocycles. The molecule has 2 N–H and O–H groups in total. The minimum Gasteiger partial charge on any atom is -0.490 e. The highest BCUT2D eigenvalue weighted by atomic mass is 35.5. The summed E-state index contributed by atoms with van der Waals surface area (Å²) in [5.74, 6) is 0.678. The SMILES string of the molecule is CN1CC[C@@H]1COc1cnc(Cl)c(N)c1. The second-order valence-corrected chi connectivity index (χ2v) is 4.14. The number of ether oxygens (including phenoxy) is 1. The number of aromatic nitrogens is 1. The van der Waals surface area contributed by atoms with Gasteiger partial charge in [0.05, 0.1) is 11.9 Å². The Hall–Kier alpha value is -1.00. The lowest BCUT2D eigenvalue weighted by Crippen LogP contribution is -2.48. The van der Waals surface area contributed by atoms with Crippen LogP contribution < -0.4 is 10.5 Å². The predicted octanol–water partition coefficient (Wildman–Crippen LogP) is 1.40. The maximum absolute atomic E-state index is 5.71. The van der Waals surface area contributed by atoms with E-state index in [2.05, 4.69) is 16.9 Å². The van der Waals surface area contributed by atoms with E-state index in [1.807, 2.05) is 0 Å². The van der Waals surface area contributed by atoms with Gasteiger partial charge in [0.1, 0.15) is 12.4 Å². The van der Waals surface area contributed by atoms with Gasteiger partial charge in [-0.2, -0.15) is 0 Å². The van der Waals surface area contributed by atoms with Gasteiger partial charge in [0, 0.05) is 12.1 Å². The summed E-state index contributed by atoms with van der Waals surface area (Å²) >= 11 is 5.71. The number of likely N-dealkylation sites (N-methyl/N-ethyl adjacent to an activating group) is 1. The normalized spacial score (nSPS) is 21.1. The summed E-state index contributed by atoms with van der Waals surface area (Å²) < 4.78 is 5.57. The minimum atomic E-state index is 0.322. The highest BCUT2D eigenvalue weighted by Gasteiger charge is 2.24. The van der Waals surface area contributed by atoms with Crippen molar-refractivity contribution in [2.24, 2.45) is 0 Å². The Kier molecular flexibility index (Phi) is 2.98. The molecule has 0 spiro atoms. The Morgan fingerprint density at radius 3 is 3.07 bits per heavy atom. The Labute approximate surface area is 94.0 Å². The van der Waals surface area contributed by atoms with Crippen molar-refractivity contribution in [3.05, 3.63) is 17.4 Å². The Morgan fingerprint density at radius 2 is 2.53 bits per heavy atom. The van der Waals surface area contributed by atoms with Crippen LogP contribution in [0.5, 0.6) is 5.75 Å². The summed E-state index contributed by atoms with van der Waals surface area (Å²) in [5, 5.41) is 0.322. The van der Waals surface area contributed by atoms with Crippen LogP contribution in [0.1, 0.15) is 6.42 Å². The molecular formula is C10H14ClN3O. The molecule has 0 unspecified atom stereocenters. The van der Waals surface area contributed by atoms with Crippen molar-refractivity contribution >= 4 is 17.3 Å². The average molecular weight is 228 g/mol. The van der Waals surface area contributed by atoms with E-state index in [-0.39, 0.29) is 0 Å². The maximum atomic E-state index is 5.71. The molecule has 4 nitrogen and oxygen atoms in total. The third-order valence-corrected chi connectivity index (χ3v) is 3.04. The summed E-state index contributed by atoms with van der Waals surface area (Å²) in [7, 11) is 2.09. The second kappa shape index (κ2) is 4.24. The Morgan fingerprint density at radius 1 is 1.73 bits per heavy atom. The topological polar surface area (TPSA) is 51.4 Å². The van der Waals surface area contributed by atoms with Crippen molar-refractivity contribution in [2.45, 2.75) is 12.5 Å². The number of likely N-dealkylation sites (tertiary alicyclic amines) is 1. The molecule has 0 aromatic carbocycles. The Bertz CT molecular complexity index is 359. The van der Waals surface area contributed by atoms with E-state index in [0.717, 1.165) is 6.54 Å². The van der Waals surface area contributed by atoms with Crippen molar-refractivity contribution in [3.8, 4) is 5.75 Å². The molecule has 2 rings (SSSR count). The summed E-state index contributed by atoms with van der Waals surface area (Å²) in [6.45, 7) is 1.83. The van der Waals surface area contributed by atoms with Crippen LogP contribution in [0.3, 0.4) is 0 Å². The summed E-state index contributed by atoms with van der Waals surface area (Å²) in [4.78, 5) is 6.18. The number of hydrogen-bond acceptors (Lipinski definition) is 4. The van der Waals surface area contributed by atoms with Gasteiger partial charge in [-0.25, -0.2) is 4.98 Å². The molecule has 82 valence electrons. The molecule has 0 amide bonds. The standard InChI is InChI=1S/C10H14ClN3O/c1-14-3-2-7(14)6-15-8-4-9(12)10(11)13-5-8/h4-5,7H,2-3,6,12H2,1H3/t7-/m1/s1. The molecule has 1 aromatic heterocycles. The van der Waals surface area contributed by atoms with Gasteiger partial charge in [-0.1, -0.05) is 11.6 Å². The smallest absolute Gasteiger partial charge is 0.152 e. The van der Waals surface area contributed by atoms with Gasteiger partial charge in [-0.15, -0.1) is 0 Å². The number of nitrogen functional groups attached to an aromatic ring is 1. The first-order chi connectivity index (χ1) is 7.16. The van der Waals surface area contributed by atoms with Gasteiger partial charge < -0.3 is 10.5 Å². The number of halogens is 1. The van der Waals surface area contributed by atoms with Crippen LogP contribution in [-0.2, 0) is 0 Å². The summed E-state index contributed by atoms with van der Waals surface area (Å²) in [6, 6.07) is 2.22. The van der Waals surface area contributed by atoms with E-state index in [0.29, 0.717) is 29.2 Å². The van der Waals surface area contributed by atoms with Crippen LogP contribution >= 0.6 is 11.6 Å². The lowest BCUT2D eigenvalue weighted by atomic mass is 10.1. The second-order valence-electron chi connectivity index (χ2n) is 3.79. The number of anilines is 1. The van der Waals surface area contributed by atoms with Crippen molar-refractivity contribution < 1.29 is 4.74 Å². The highest BCUT2D eigenvalue weighted by Crippen LogP contribution is 2.22. The molecular weight excluding hydrogens is 214 g/mol. The van der Waals surface area contributed by atoms with Gasteiger partial charge in [-0.05, 0) is 20.0 Å². The van der Waals surface area contributed by atoms with Crippen molar-refractivity contribution in [1.29, 1.82) is 0 Å². The molecule has 0 bridgehead atoms. The maximum Gasteiger partial charge on any atom is 0.152 e. The number of hydrogen-bond donors (Lipinski definition) is 1. The average Bonchev–Trinajstić information content (AvgIpc) is 2.21. The first-order valence-electron chi connectivity index (χ1n) is 4.91. The number of nitrogens with two attached hydrogens (primary N) is 1. The summed E-state index contributed by atoms with van der Waals surface area (Å²) in [5.41, 5.74) is 6.07. The van der Waals surface area contributed by atoms with Gasteiger partial charge in [0.25, 0.3) is 0 Å². The third kappa shape index (κ3) is 2.33. The zero-order chi connectivity index (χ0) is 10.8. The first kappa shape index (κ1) is 10.5. The quantitative estimate of drug-likeness (QED) is 0.794. The number of nitrogens with zero attached hydrogens (tertiary/aromatic N) is 2. The first-order valence-corrected chi connectivity index (χ1v) is 5.28. The van der Waals surface area contributed by atoms with Gasteiger partial charge in [0.15, 0.2) is 5.15 Å². The molecule has 5 heteroatoms. The molecule has 1 aliphatic heterocycles. The van der Waals surface area contributed by atoms with Gasteiger partial charge >= 0.3 is 0 Å². The van der Waals surface area contributed by atoms with E-state index in [1.54, 1.807) is 12.3 Å². The molecule has 1 aliphatic rings. The van der Waals surface area contributed by atoms with Crippen molar-refractivity contribution in [2.75, 3.05) is 25.9 Å². The molecule has 1 saturated heterocycles.